The largest absolute Gasteiger partial charge is 0.395 e. The molecule has 0 aromatic heterocycles. The van der Waals surface area contributed by atoms with E-state index in [4.69, 9.17) is 5.11 Å². The third kappa shape index (κ3) is 4.87. The van der Waals surface area contributed by atoms with E-state index in [1.165, 1.54) is 25.0 Å². The van der Waals surface area contributed by atoms with Crippen molar-refractivity contribution in [2.45, 2.75) is 38.5 Å². The van der Waals surface area contributed by atoms with Crippen LogP contribution in [0.3, 0.4) is 0 Å². The third-order valence-electron chi connectivity index (χ3n) is 3.66. The van der Waals surface area contributed by atoms with Crippen LogP contribution >= 0.6 is 0 Å². The van der Waals surface area contributed by atoms with E-state index in [0.29, 0.717) is 24.3 Å². The number of hydrogen-bond acceptors (Lipinski definition) is 2. The molecule has 2 N–H and O–H groups in total. The fourth-order valence-electron chi connectivity index (χ4n) is 2.59. The van der Waals surface area contributed by atoms with Gasteiger partial charge in [-0.25, -0.2) is 4.39 Å². The van der Waals surface area contributed by atoms with Crippen LogP contribution in [-0.4, -0.2) is 17.6 Å². The predicted molar refractivity (Wildman–Crippen MR) is 80.2 cm³/mol. The van der Waals surface area contributed by atoms with Crippen molar-refractivity contribution >= 4 is 11.6 Å². The van der Waals surface area contributed by atoms with Crippen molar-refractivity contribution in [2.75, 3.05) is 11.9 Å². The van der Waals surface area contributed by atoms with Gasteiger partial charge in [-0.3, -0.25) is 4.79 Å². The average Bonchev–Trinajstić information content (AvgIpc) is 2.95. The van der Waals surface area contributed by atoms with Crippen LogP contribution in [0.1, 0.15) is 44.1 Å². The summed E-state index contributed by atoms with van der Waals surface area (Å²) in [6.45, 7) is -0.00914. The van der Waals surface area contributed by atoms with Gasteiger partial charge >= 0.3 is 0 Å². The number of hydrogen-bond donors (Lipinski definition) is 2. The second-order valence-electron chi connectivity index (χ2n) is 5.37. The number of aliphatic hydroxyl groups is 1. The Morgan fingerprint density at radius 2 is 2.14 bits per heavy atom. The number of carbonyl (C=O) groups is 1. The van der Waals surface area contributed by atoms with E-state index < -0.39 is 5.82 Å². The minimum atomic E-state index is -0.481. The van der Waals surface area contributed by atoms with Gasteiger partial charge in [0.1, 0.15) is 5.82 Å². The Morgan fingerprint density at radius 3 is 2.81 bits per heavy atom. The fraction of sp³-hybridized carbons (Fsp3) is 0.471. The van der Waals surface area contributed by atoms with Crippen LogP contribution in [0.25, 0.3) is 0 Å². The molecule has 0 saturated heterocycles. The molecular weight excluding hydrogens is 269 g/mol. The third-order valence-corrected chi connectivity index (χ3v) is 3.66. The van der Waals surface area contributed by atoms with Crippen LogP contribution < -0.4 is 5.32 Å². The molecule has 0 spiro atoms. The summed E-state index contributed by atoms with van der Waals surface area (Å²) >= 11 is 0. The predicted octanol–water partition coefficient (Wildman–Crippen LogP) is 3.08. The second kappa shape index (κ2) is 7.80. The maximum atomic E-state index is 13.9. The van der Waals surface area contributed by atoms with Crippen LogP contribution in [-0.2, 0) is 4.79 Å². The SMILES string of the molecule is O=C(CC1CCCC1)Nc1ccc(C#CCCO)cc1F. The topological polar surface area (TPSA) is 49.3 Å². The maximum Gasteiger partial charge on any atom is 0.224 e. The van der Waals surface area contributed by atoms with Crippen LogP contribution in [0, 0.1) is 23.6 Å². The zero-order valence-corrected chi connectivity index (χ0v) is 12.0. The normalized spacial score (nSPS) is 14.6. The van der Waals surface area contributed by atoms with Gasteiger partial charge in [-0.2, -0.15) is 0 Å². The second-order valence-corrected chi connectivity index (χ2v) is 5.37. The molecule has 0 bridgehead atoms. The molecule has 1 aliphatic carbocycles. The van der Waals surface area contributed by atoms with Gasteiger partial charge in [0.2, 0.25) is 5.91 Å². The number of carbonyl (C=O) groups excluding carboxylic acids is 1. The zero-order chi connectivity index (χ0) is 15.1. The molecule has 3 nitrogen and oxygen atoms in total. The van der Waals surface area contributed by atoms with Crippen molar-refractivity contribution in [2.24, 2.45) is 5.92 Å². The highest BCUT2D eigenvalue weighted by atomic mass is 19.1. The standard InChI is InChI=1S/C17H20FNO2/c18-15-11-14(7-3-4-10-20)8-9-16(15)19-17(21)12-13-5-1-2-6-13/h8-9,11,13,20H,1-2,4-6,10,12H2,(H,19,21). The van der Waals surface area contributed by atoms with Crippen molar-refractivity contribution in [3.05, 3.63) is 29.6 Å². The molecule has 0 heterocycles. The fourth-order valence-corrected chi connectivity index (χ4v) is 2.59. The van der Waals surface area contributed by atoms with Gasteiger partial charge < -0.3 is 10.4 Å². The van der Waals surface area contributed by atoms with Gasteiger partial charge in [-0.15, -0.1) is 0 Å². The first-order valence-electron chi connectivity index (χ1n) is 7.38. The Labute approximate surface area is 124 Å². The minimum Gasteiger partial charge on any atom is -0.395 e. The first-order chi connectivity index (χ1) is 10.2. The molecule has 1 aromatic rings. The lowest BCUT2D eigenvalue weighted by atomic mass is 10.0. The Hall–Kier alpha value is -1.86. The van der Waals surface area contributed by atoms with Gasteiger partial charge in [0.25, 0.3) is 0 Å². The van der Waals surface area contributed by atoms with Crippen molar-refractivity contribution in [1.29, 1.82) is 0 Å². The Morgan fingerprint density at radius 1 is 1.38 bits per heavy atom. The van der Waals surface area contributed by atoms with E-state index in [9.17, 15) is 9.18 Å². The summed E-state index contributed by atoms with van der Waals surface area (Å²) in [6.07, 6.45) is 5.39. The molecule has 0 aliphatic heterocycles. The molecule has 1 saturated carbocycles. The highest BCUT2D eigenvalue weighted by molar-refractivity contribution is 5.91. The van der Waals surface area contributed by atoms with Crippen molar-refractivity contribution in [1.82, 2.24) is 0 Å². The summed E-state index contributed by atoms with van der Waals surface area (Å²) in [6, 6.07) is 4.50. The van der Waals surface area contributed by atoms with E-state index in [1.54, 1.807) is 6.07 Å². The van der Waals surface area contributed by atoms with E-state index >= 15 is 0 Å². The van der Waals surface area contributed by atoms with E-state index in [2.05, 4.69) is 17.2 Å². The smallest absolute Gasteiger partial charge is 0.224 e. The number of anilines is 1. The number of rotatable bonds is 4. The van der Waals surface area contributed by atoms with Gasteiger partial charge in [0.05, 0.1) is 12.3 Å². The van der Waals surface area contributed by atoms with Crippen LogP contribution in [0.2, 0.25) is 0 Å². The first kappa shape index (κ1) is 15.5. The first-order valence-corrected chi connectivity index (χ1v) is 7.38. The van der Waals surface area contributed by atoms with Crippen molar-refractivity contribution in [3.8, 4) is 11.8 Å². The summed E-state index contributed by atoms with van der Waals surface area (Å²) in [5.74, 6) is 5.33. The monoisotopic (exact) mass is 289 g/mol. The summed E-state index contributed by atoms with van der Waals surface area (Å²) in [7, 11) is 0. The van der Waals surface area contributed by atoms with E-state index in [-0.39, 0.29) is 18.2 Å². The maximum absolute atomic E-state index is 13.9. The van der Waals surface area contributed by atoms with Gasteiger partial charge in [-0.1, -0.05) is 24.7 Å². The van der Waals surface area contributed by atoms with Crippen LogP contribution in [0.4, 0.5) is 10.1 Å². The molecule has 0 atom stereocenters. The number of halogens is 1. The quantitative estimate of drug-likeness (QED) is 0.837. The number of amides is 1. The van der Waals surface area contributed by atoms with E-state index in [1.807, 2.05) is 0 Å². The van der Waals surface area contributed by atoms with Crippen molar-refractivity contribution in [3.63, 3.8) is 0 Å². The van der Waals surface area contributed by atoms with Crippen molar-refractivity contribution < 1.29 is 14.3 Å². The highest BCUT2D eigenvalue weighted by Crippen LogP contribution is 2.28. The lowest BCUT2D eigenvalue weighted by molar-refractivity contribution is -0.117. The lowest BCUT2D eigenvalue weighted by Gasteiger charge is -2.10. The molecule has 1 amide bonds. The van der Waals surface area contributed by atoms with Gasteiger partial charge in [-0.05, 0) is 37.0 Å². The molecule has 21 heavy (non-hydrogen) atoms. The Balaban J connectivity index is 1.94. The molecule has 1 fully saturated rings. The van der Waals surface area contributed by atoms with Gasteiger partial charge in [0, 0.05) is 18.4 Å². The highest BCUT2D eigenvalue weighted by Gasteiger charge is 2.19. The molecule has 112 valence electrons. The lowest BCUT2D eigenvalue weighted by Crippen LogP contribution is -2.16. The molecule has 1 aliphatic rings. The summed E-state index contributed by atoms with van der Waals surface area (Å²) in [5.41, 5.74) is 0.737. The molecule has 0 unspecified atom stereocenters. The molecule has 4 heteroatoms. The van der Waals surface area contributed by atoms with Gasteiger partial charge in [0.15, 0.2) is 0 Å². The number of aliphatic hydroxyl groups excluding tert-OH is 1. The minimum absolute atomic E-state index is 0.00914. The number of benzene rings is 1. The summed E-state index contributed by atoms with van der Waals surface area (Å²) in [5, 5.41) is 11.3. The average molecular weight is 289 g/mol. The summed E-state index contributed by atoms with van der Waals surface area (Å²) in [4.78, 5) is 11.9. The molecule has 1 aromatic carbocycles. The van der Waals surface area contributed by atoms with Crippen LogP contribution in [0.15, 0.2) is 18.2 Å². The van der Waals surface area contributed by atoms with Crippen LogP contribution in [0.5, 0.6) is 0 Å². The molecule has 2 rings (SSSR count). The number of nitrogens with one attached hydrogen (secondary N) is 1. The Kier molecular flexibility index (Phi) is 5.77. The molecular formula is C17H20FNO2. The Bertz CT molecular complexity index is 554. The van der Waals surface area contributed by atoms with E-state index in [0.717, 1.165) is 12.8 Å². The molecule has 0 radical (unpaired) electrons. The summed E-state index contributed by atoms with van der Waals surface area (Å²) < 4.78 is 13.9. The zero-order valence-electron chi connectivity index (χ0n) is 12.0.